The van der Waals surface area contributed by atoms with Gasteiger partial charge in [-0.15, -0.1) is 0 Å². The summed E-state index contributed by atoms with van der Waals surface area (Å²) >= 11 is 0. The van der Waals surface area contributed by atoms with Crippen LogP contribution in [0.2, 0.25) is 0 Å². The molecule has 1 saturated carbocycles. The molecule has 1 aliphatic rings. The third-order valence-electron chi connectivity index (χ3n) is 4.29. The van der Waals surface area contributed by atoms with Gasteiger partial charge in [-0.05, 0) is 52.4 Å². The van der Waals surface area contributed by atoms with Crippen LogP contribution in [0, 0.1) is 5.92 Å². The van der Waals surface area contributed by atoms with Crippen molar-refractivity contribution in [3.05, 3.63) is 0 Å². The standard InChI is InChI=1S/C17H33NO3/c1-14(2)18-17(3,16(19)20-4)11-8-12-21-13-15-9-6-5-7-10-15/h14-15,18H,5-13H2,1-4H3. The molecule has 0 aromatic carbocycles. The minimum Gasteiger partial charge on any atom is -0.468 e. The number of methoxy groups -OCH3 is 1. The number of hydrogen-bond donors (Lipinski definition) is 1. The second-order valence-corrected chi connectivity index (χ2v) is 6.81. The van der Waals surface area contributed by atoms with Crippen LogP contribution in [0.15, 0.2) is 0 Å². The summed E-state index contributed by atoms with van der Waals surface area (Å²) in [6.45, 7) is 7.61. The molecule has 0 bridgehead atoms. The van der Waals surface area contributed by atoms with Crippen LogP contribution >= 0.6 is 0 Å². The Morgan fingerprint density at radius 1 is 1.29 bits per heavy atom. The Labute approximate surface area is 130 Å². The maximum atomic E-state index is 12.0. The number of hydrogen-bond acceptors (Lipinski definition) is 4. The van der Waals surface area contributed by atoms with Crippen molar-refractivity contribution in [2.24, 2.45) is 5.92 Å². The van der Waals surface area contributed by atoms with Crippen LogP contribution in [0.1, 0.15) is 65.7 Å². The molecule has 1 aliphatic carbocycles. The lowest BCUT2D eigenvalue weighted by Gasteiger charge is -2.30. The van der Waals surface area contributed by atoms with Crippen LogP contribution in [-0.2, 0) is 14.3 Å². The highest BCUT2D eigenvalue weighted by atomic mass is 16.5. The van der Waals surface area contributed by atoms with Gasteiger partial charge in [0.15, 0.2) is 0 Å². The van der Waals surface area contributed by atoms with E-state index in [-0.39, 0.29) is 12.0 Å². The molecule has 1 rings (SSSR count). The Kier molecular flexibility index (Phi) is 8.27. The molecule has 0 aromatic heterocycles. The topological polar surface area (TPSA) is 47.6 Å². The molecular weight excluding hydrogens is 266 g/mol. The second-order valence-electron chi connectivity index (χ2n) is 6.81. The summed E-state index contributed by atoms with van der Waals surface area (Å²) in [6.07, 6.45) is 8.33. The summed E-state index contributed by atoms with van der Waals surface area (Å²) in [4.78, 5) is 12.0. The Bertz CT molecular complexity index is 300. The highest BCUT2D eigenvalue weighted by Crippen LogP contribution is 2.24. The van der Waals surface area contributed by atoms with Gasteiger partial charge in [0.1, 0.15) is 5.54 Å². The van der Waals surface area contributed by atoms with Crippen molar-refractivity contribution in [3.8, 4) is 0 Å². The van der Waals surface area contributed by atoms with E-state index in [1.54, 1.807) is 0 Å². The predicted octanol–water partition coefficient (Wildman–Crippen LogP) is 3.29. The van der Waals surface area contributed by atoms with Crippen LogP contribution in [0.25, 0.3) is 0 Å². The first kappa shape index (κ1) is 18.4. The summed E-state index contributed by atoms with van der Waals surface area (Å²) in [5.41, 5.74) is -0.614. The van der Waals surface area contributed by atoms with Crippen molar-refractivity contribution >= 4 is 5.97 Å². The summed E-state index contributed by atoms with van der Waals surface area (Å²) < 4.78 is 10.7. The molecule has 0 aliphatic heterocycles. The lowest BCUT2D eigenvalue weighted by molar-refractivity contribution is -0.148. The van der Waals surface area contributed by atoms with E-state index in [9.17, 15) is 4.79 Å². The van der Waals surface area contributed by atoms with Gasteiger partial charge in [0, 0.05) is 19.3 Å². The van der Waals surface area contributed by atoms with E-state index >= 15 is 0 Å². The minimum atomic E-state index is -0.614. The number of ether oxygens (including phenoxy) is 2. The van der Waals surface area contributed by atoms with E-state index in [2.05, 4.69) is 5.32 Å². The molecule has 0 saturated heterocycles. The van der Waals surface area contributed by atoms with Crippen LogP contribution < -0.4 is 5.32 Å². The van der Waals surface area contributed by atoms with Gasteiger partial charge in [-0.25, -0.2) is 0 Å². The first-order valence-corrected chi connectivity index (χ1v) is 8.42. The van der Waals surface area contributed by atoms with E-state index in [1.165, 1.54) is 39.2 Å². The average molecular weight is 299 g/mol. The highest BCUT2D eigenvalue weighted by Gasteiger charge is 2.34. The van der Waals surface area contributed by atoms with Gasteiger partial charge in [0.05, 0.1) is 7.11 Å². The zero-order chi connectivity index (χ0) is 15.7. The van der Waals surface area contributed by atoms with Crippen molar-refractivity contribution in [2.45, 2.75) is 77.3 Å². The normalized spacial score (nSPS) is 19.5. The van der Waals surface area contributed by atoms with Crippen molar-refractivity contribution in [1.29, 1.82) is 0 Å². The number of rotatable bonds is 9. The fourth-order valence-corrected chi connectivity index (χ4v) is 3.23. The van der Waals surface area contributed by atoms with Crippen molar-refractivity contribution in [1.82, 2.24) is 5.32 Å². The third kappa shape index (κ3) is 6.79. The van der Waals surface area contributed by atoms with E-state index < -0.39 is 5.54 Å². The van der Waals surface area contributed by atoms with Gasteiger partial charge in [0.25, 0.3) is 0 Å². The molecular formula is C17H33NO3. The molecule has 4 heteroatoms. The van der Waals surface area contributed by atoms with Crippen LogP contribution in [0.3, 0.4) is 0 Å². The lowest BCUT2D eigenvalue weighted by Crippen LogP contribution is -2.53. The Hall–Kier alpha value is -0.610. The SMILES string of the molecule is COC(=O)C(C)(CCCOCC1CCCCC1)NC(C)C. The lowest BCUT2D eigenvalue weighted by atomic mass is 9.90. The van der Waals surface area contributed by atoms with E-state index in [0.29, 0.717) is 0 Å². The predicted molar refractivity (Wildman–Crippen MR) is 85.3 cm³/mol. The summed E-state index contributed by atoms with van der Waals surface area (Å²) in [5.74, 6) is 0.558. The van der Waals surface area contributed by atoms with Gasteiger partial charge in [-0.3, -0.25) is 10.1 Å². The molecule has 1 fully saturated rings. The molecule has 0 spiro atoms. The first-order chi connectivity index (χ1) is 9.98. The molecule has 21 heavy (non-hydrogen) atoms. The maximum absolute atomic E-state index is 12.0. The van der Waals surface area contributed by atoms with Crippen LogP contribution in [0.4, 0.5) is 0 Å². The number of nitrogens with one attached hydrogen (secondary N) is 1. The first-order valence-electron chi connectivity index (χ1n) is 8.42. The number of carbonyl (C=O) groups is 1. The number of carbonyl (C=O) groups excluding carboxylic acids is 1. The molecule has 0 radical (unpaired) electrons. The van der Waals surface area contributed by atoms with Crippen molar-refractivity contribution < 1.29 is 14.3 Å². The maximum Gasteiger partial charge on any atom is 0.325 e. The monoisotopic (exact) mass is 299 g/mol. The molecule has 1 unspecified atom stereocenters. The average Bonchev–Trinajstić information content (AvgIpc) is 2.46. The summed E-state index contributed by atoms with van der Waals surface area (Å²) in [7, 11) is 1.45. The molecule has 0 heterocycles. The number of esters is 1. The van der Waals surface area contributed by atoms with Gasteiger partial charge < -0.3 is 9.47 Å². The van der Waals surface area contributed by atoms with Crippen LogP contribution in [-0.4, -0.2) is 37.9 Å². The smallest absolute Gasteiger partial charge is 0.325 e. The van der Waals surface area contributed by atoms with Crippen molar-refractivity contribution in [2.75, 3.05) is 20.3 Å². The zero-order valence-corrected chi connectivity index (χ0v) is 14.2. The Balaban J connectivity index is 2.24. The molecule has 0 amide bonds. The summed E-state index contributed by atoms with van der Waals surface area (Å²) in [5, 5.41) is 3.32. The quantitative estimate of drug-likeness (QED) is 0.524. The molecule has 124 valence electrons. The third-order valence-corrected chi connectivity index (χ3v) is 4.29. The molecule has 4 nitrogen and oxygen atoms in total. The van der Waals surface area contributed by atoms with E-state index in [4.69, 9.17) is 9.47 Å². The minimum absolute atomic E-state index is 0.191. The van der Waals surface area contributed by atoms with Gasteiger partial charge >= 0.3 is 5.97 Å². The largest absolute Gasteiger partial charge is 0.468 e. The fraction of sp³-hybridized carbons (Fsp3) is 0.941. The van der Waals surface area contributed by atoms with Crippen molar-refractivity contribution in [3.63, 3.8) is 0 Å². The van der Waals surface area contributed by atoms with Gasteiger partial charge in [-0.1, -0.05) is 19.3 Å². The second kappa shape index (κ2) is 9.42. The Morgan fingerprint density at radius 3 is 2.52 bits per heavy atom. The van der Waals surface area contributed by atoms with E-state index in [1.807, 2.05) is 20.8 Å². The summed E-state index contributed by atoms with van der Waals surface area (Å²) in [6, 6.07) is 0.247. The fourth-order valence-electron chi connectivity index (χ4n) is 3.23. The van der Waals surface area contributed by atoms with Gasteiger partial charge in [-0.2, -0.15) is 0 Å². The van der Waals surface area contributed by atoms with E-state index in [0.717, 1.165) is 32.0 Å². The molecule has 0 aromatic rings. The highest BCUT2D eigenvalue weighted by molar-refractivity contribution is 5.80. The molecule has 1 atom stereocenters. The zero-order valence-electron chi connectivity index (χ0n) is 14.2. The van der Waals surface area contributed by atoms with Crippen LogP contribution in [0.5, 0.6) is 0 Å². The van der Waals surface area contributed by atoms with Gasteiger partial charge in [0.2, 0.25) is 0 Å². The Morgan fingerprint density at radius 2 is 1.95 bits per heavy atom. The molecule has 1 N–H and O–H groups in total.